The van der Waals surface area contributed by atoms with Crippen molar-refractivity contribution in [1.82, 2.24) is 15.8 Å². The van der Waals surface area contributed by atoms with Crippen LogP contribution in [0.4, 0.5) is 0 Å². The number of ketones is 1. The predicted molar refractivity (Wildman–Crippen MR) is 102 cm³/mol. The summed E-state index contributed by atoms with van der Waals surface area (Å²) in [6.07, 6.45) is 0.573. The van der Waals surface area contributed by atoms with E-state index in [1.807, 2.05) is 48.5 Å². The van der Waals surface area contributed by atoms with Crippen LogP contribution in [0.15, 0.2) is 48.5 Å². The van der Waals surface area contributed by atoms with Gasteiger partial charge in [-0.1, -0.05) is 35.9 Å². The van der Waals surface area contributed by atoms with Crippen molar-refractivity contribution < 1.29 is 4.79 Å². The molecule has 5 nitrogen and oxygen atoms in total. The van der Waals surface area contributed by atoms with Crippen LogP contribution in [0.1, 0.15) is 29.0 Å². The van der Waals surface area contributed by atoms with Crippen LogP contribution in [0.25, 0.3) is 10.2 Å². The number of carbonyl (C=O) groups is 1. The lowest BCUT2D eigenvalue weighted by atomic mass is 9.94. The SMILES string of the molecule is N#CC(C(=O)C1CC(c2ccc(Cl)cc2)NN1)c1nc2ccccc2s1. The van der Waals surface area contributed by atoms with E-state index in [2.05, 4.69) is 21.9 Å². The molecule has 1 aliphatic heterocycles. The number of para-hydroxylation sites is 1. The van der Waals surface area contributed by atoms with Crippen molar-refractivity contribution in [2.75, 3.05) is 0 Å². The Morgan fingerprint density at radius 2 is 2.00 bits per heavy atom. The zero-order chi connectivity index (χ0) is 18.1. The molecule has 1 aromatic heterocycles. The number of nitrogens with one attached hydrogen (secondary N) is 2. The van der Waals surface area contributed by atoms with Crippen LogP contribution in [0.2, 0.25) is 5.02 Å². The van der Waals surface area contributed by atoms with Crippen LogP contribution >= 0.6 is 22.9 Å². The van der Waals surface area contributed by atoms with E-state index >= 15 is 0 Å². The maximum Gasteiger partial charge on any atom is 0.175 e. The summed E-state index contributed by atoms with van der Waals surface area (Å²) in [5.41, 5.74) is 8.03. The van der Waals surface area contributed by atoms with E-state index in [0.717, 1.165) is 15.8 Å². The summed E-state index contributed by atoms with van der Waals surface area (Å²) in [5, 5.41) is 10.8. The average molecular weight is 383 g/mol. The van der Waals surface area contributed by atoms with E-state index in [-0.39, 0.29) is 11.8 Å². The zero-order valence-electron chi connectivity index (χ0n) is 13.6. The number of hydrogen-bond acceptors (Lipinski definition) is 6. The van der Waals surface area contributed by atoms with Gasteiger partial charge < -0.3 is 0 Å². The summed E-state index contributed by atoms with van der Waals surface area (Å²) in [7, 11) is 0. The number of nitrogens with zero attached hydrogens (tertiary/aromatic N) is 2. The van der Waals surface area contributed by atoms with Crippen molar-refractivity contribution in [3.63, 3.8) is 0 Å². The molecule has 0 spiro atoms. The first kappa shape index (κ1) is 17.1. The molecule has 1 aliphatic rings. The van der Waals surface area contributed by atoms with Gasteiger partial charge in [-0.3, -0.25) is 4.79 Å². The monoisotopic (exact) mass is 382 g/mol. The first-order valence-electron chi connectivity index (χ1n) is 8.21. The summed E-state index contributed by atoms with van der Waals surface area (Å²) in [4.78, 5) is 17.4. The van der Waals surface area contributed by atoms with Crippen LogP contribution in [-0.2, 0) is 4.79 Å². The fraction of sp³-hybridized carbons (Fsp3) is 0.211. The van der Waals surface area contributed by atoms with Gasteiger partial charge in [0.2, 0.25) is 0 Å². The lowest BCUT2D eigenvalue weighted by Crippen LogP contribution is -2.38. The summed E-state index contributed by atoms with van der Waals surface area (Å²) in [5.74, 6) is -1.02. The van der Waals surface area contributed by atoms with Gasteiger partial charge in [0.15, 0.2) is 11.7 Å². The molecule has 130 valence electrons. The van der Waals surface area contributed by atoms with Crippen LogP contribution < -0.4 is 10.9 Å². The fourth-order valence-electron chi connectivity index (χ4n) is 3.11. The molecular formula is C19H15ClN4OS. The summed E-state index contributed by atoms with van der Waals surface area (Å²) in [6.45, 7) is 0. The maximum absolute atomic E-state index is 12.9. The normalized spacial score (nSPS) is 20.8. The van der Waals surface area contributed by atoms with E-state index < -0.39 is 12.0 Å². The smallest absolute Gasteiger partial charge is 0.175 e. The standard InChI is InChI=1S/C19H15ClN4OS/c20-12-7-5-11(6-8-12)15-9-16(24-23-15)18(25)13(10-21)19-22-14-3-1-2-4-17(14)26-19/h1-8,13,15-16,23-24H,9H2. The van der Waals surface area contributed by atoms with Gasteiger partial charge >= 0.3 is 0 Å². The number of thiazole rings is 1. The Balaban J connectivity index is 1.52. The Labute approximate surface area is 159 Å². The third kappa shape index (κ3) is 3.22. The Morgan fingerprint density at radius 3 is 2.73 bits per heavy atom. The fourth-order valence-corrected chi connectivity index (χ4v) is 4.26. The molecule has 2 aromatic carbocycles. The topological polar surface area (TPSA) is 77.8 Å². The zero-order valence-corrected chi connectivity index (χ0v) is 15.2. The molecule has 0 aliphatic carbocycles. The van der Waals surface area contributed by atoms with E-state index in [9.17, 15) is 10.1 Å². The lowest BCUT2D eigenvalue weighted by Gasteiger charge is -2.11. The van der Waals surface area contributed by atoms with Gasteiger partial charge in [-0.05, 0) is 36.2 Å². The van der Waals surface area contributed by atoms with Crippen molar-refractivity contribution in [3.8, 4) is 6.07 Å². The first-order chi connectivity index (χ1) is 12.7. The number of benzene rings is 2. The molecule has 2 heterocycles. The second-order valence-corrected chi connectivity index (χ2v) is 7.66. The van der Waals surface area contributed by atoms with Gasteiger partial charge in [-0.2, -0.15) is 5.26 Å². The Morgan fingerprint density at radius 1 is 1.23 bits per heavy atom. The van der Waals surface area contributed by atoms with Crippen LogP contribution in [-0.4, -0.2) is 16.8 Å². The summed E-state index contributed by atoms with van der Waals surface area (Å²) >= 11 is 7.33. The van der Waals surface area contributed by atoms with Gasteiger partial charge in [-0.25, -0.2) is 15.8 Å². The van der Waals surface area contributed by atoms with Gasteiger partial charge in [0.05, 0.1) is 22.3 Å². The number of carbonyl (C=O) groups excluding carboxylic acids is 1. The quantitative estimate of drug-likeness (QED) is 0.718. The molecule has 0 saturated carbocycles. The number of hydrazine groups is 1. The highest BCUT2D eigenvalue weighted by atomic mass is 35.5. The minimum absolute atomic E-state index is 0.00377. The molecule has 3 aromatic rings. The van der Waals surface area contributed by atoms with Crippen LogP contribution in [0, 0.1) is 11.3 Å². The number of Topliss-reactive ketones (excluding diaryl/α,β-unsaturated/α-hetero) is 1. The van der Waals surface area contributed by atoms with Crippen molar-refractivity contribution >= 4 is 38.9 Å². The average Bonchev–Trinajstić information content (AvgIpc) is 3.30. The van der Waals surface area contributed by atoms with Gasteiger partial charge in [0.1, 0.15) is 5.01 Å². The number of halogens is 1. The molecule has 3 unspecified atom stereocenters. The highest BCUT2D eigenvalue weighted by Gasteiger charge is 2.36. The second kappa shape index (κ2) is 7.14. The Hall–Kier alpha value is -2.30. The third-order valence-corrected chi connectivity index (χ3v) is 5.84. The molecule has 0 amide bonds. The minimum atomic E-state index is -0.865. The Bertz CT molecular complexity index is 962. The van der Waals surface area contributed by atoms with Gasteiger partial charge in [0.25, 0.3) is 0 Å². The van der Waals surface area contributed by atoms with Crippen molar-refractivity contribution in [2.45, 2.75) is 24.4 Å². The number of rotatable bonds is 4. The lowest BCUT2D eigenvalue weighted by molar-refractivity contribution is -0.121. The largest absolute Gasteiger partial charge is 0.296 e. The van der Waals surface area contributed by atoms with Gasteiger partial charge in [0, 0.05) is 11.1 Å². The van der Waals surface area contributed by atoms with Crippen LogP contribution in [0.5, 0.6) is 0 Å². The van der Waals surface area contributed by atoms with E-state index in [0.29, 0.717) is 16.5 Å². The molecule has 7 heteroatoms. The van der Waals surface area contributed by atoms with Crippen molar-refractivity contribution in [2.24, 2.45) is 0 Å². The molecule has 26 heavy (non-hydrogen) atoms. The number of fused-ring (bicyclic) bond motifs is 1. The van der Waals surface area contributed by atoms with E-state index in [4.69, 9.17) is 11.6 Å². The molecule has 0 bridgehead atoms. The first-order valence-corrected chi connectivity index (χ1v) is 9.40. The molecule has 1 saturated heterocycles. The number of hydrogen-bond donors (Lipinski definition) is 2. The van der Waals surface area contributed by atoms with Crippen molar-refractivity contribution in [3.05, 3.63) is 64.1 Å². The van der Waals surface area contributed by atoms with Crippen molar-refractivity contribution in [1.29, 1.82) is 5.26 Å². The predicted octanol–water partition coefficient (Wildman–Crippen LogP) is 3.73. The molecule has 4 rings (SSSR count). The van der Waals surface area contributed by atoms with E-state index in [1.165, 1.54) is 11.3 Å². The van der Waals surface area contributed by atoms with Crippen LogP contribution in [0.3, 0.4) is 0 Å². The summed E-state index contributed by atoms with van der Waals surface area (Å²) < 4.78 is 0.979. The second-order valence-electron chi connectivity index (χ2n) is 6.17. The minimum Gasteiger partial charge on any atom is -0.296 e. The summed E-state index contributed by atoms with van der Waals surface area (Å²) in [6, 6.07) is 16.9. The van der Waals surface area contributed by atoms with Gasteiger partial charge in [-0.15, -0.1) is 11.3 Å². The molecule has 1 fully saturated rings. The molecule has 2 N–H and O–H groups in total. The highest BCUT2D eigenvalue weighted by molar-refractivity contribution is 7.18. The Kier molecular flexibility index (Phi) is 4.70. The highest BCUT2D eigenvalue weighted by Crippen LogP contribution is 2.31. The number of nitriles is 1. The molecule has 0 radical (unpaired) electrons. The molecule has 3 atom stereocenters. The third-order valence-electron chi connectivity index (χ3n) is 4.49. The molecular weight excluding hydrogens is 368 g/mol. The maximum atomic E-state index is 12.9. The number of aromatic nitrogens is 1. The van der Waals surface area contributed by atoms with E-state index in [1.54, 1.807) is 0 Å².